The van der Waals surface area contributed by atoms with Crippen LogP contribution in [0.2, 0.25) is 0 Å². The maximum Gasteiger partial charge on any atom is 0.133 e. The van der Waals surface area contributed by atoms with Gasteiger partial charge in [0.25, 0.3) is 0 Å². The van der Waals surface area contributed by atoms with Crippen LogP contribution in [0.5, 0.6) is 5.75 Å². The monoisotopic (exact) mass is 317 g/mol. The molecule has 2 aromatic carbocycles. The molecule has 0 fully saturated rings. The summed E-state index contributed by atoms with van der Waals surface area (Å²) in [6.45, 7) is 0. The number of methoxy groups -OCH3 is 1. The summed E-state index contributed by atoms with van der Waals surface area (Å²) in [4.78, 5) is 0. The Hall–Kier alpha value is -2.19. The van der Waals surface area contributed by atoms with Gasteiger partial charge in [0.05, 0.1) is 34.6 Å². The quantitative estimate of drug-likeness (QED) is 0.847. The second kappa shape index (κ2) is 5.63. The number of nitrogens with one attached hydrogen (secondary N) is 1. The highest BCUT2D eigenvalue weighted by molar-refractivity contribution is 9.10. The van der Waals surface area contributed by atoms with Crippen LogP contribution in [0, 0.1) is 11.3 Å². The zero-order valence-electron chi connectivity index (χ0n) is 10.3. The molecule has 0 spiro atoms. The van der Waals surface area contributed by atoms with E-state index in [1.807, 2.05) is 18.2 Å². The van der Waals surface area contributed by atoms with Crippen LogP contribution in [0.3, 0.4) is 0 Å². The molecule has 2 rings (SSSR count). The predicted molar refractivity (Wildman–Crippen MR) is 79.5 cm³/mol. The van der Waals surface area contributed by atoms with Gasteiger partial charge < -0.3 is 15.8 Å². The molecule has 0 saturated carbocycles. The lowest BCUT2D eigenvalue weighted by Gasteiger charge is -2.11. The van der Waals surface area contributed by atoms with Crippen LogP contribution < -0.4 is 15.8 Å². The molecule has 0 aliphatic carbocycles. The van der Waals surface area contributed by atoms with Gasteiger partial charge in [-0.2, -0.15) is 5.26 Å². The zero-order chi connectivity index (χ0) is 13.8. The summed E-state index contributed by atoms with van der Waals surface area (Å²) in [7, 11) is 1.62. The Balaban J connectivity index is 2.26. The number of halogens is 1. The van der Waals surface area contributed by atoms with Crippen LogP contribution in [0.4, 0.5) is 17.1 Å². The summed E-state index contributed by atoms with van der Waals surface area (Å²) >= 11 is 3.42. The fraction of sp³-hybridized carbons (Fsp3) is 0.0714. The van der Waals surface area contributed by atoms with Gasteiger partial charge in [0.2, 0.25) is 0 Å². The van der Waals surface area contributed by atoms with E-state index in [-0.39, 0.29) is 0 Å². The molecule has 0 radical (unpaired) electrons. The van der Waals surface area contributed by atoms with Crippen molar-refractivity contribution < 1.29 is 4.74 Å². The van der Waals surface area contributed by atoms with Gasteiger partial charge in [-0.05, 0) is 52.3 Å². The number of hydrogen-bond acceptors (Lipinski definition) is 4. The van der Waals surface area contributed by atoms with E-state index in [2.05, 4.69) is 27.3 Å². The first-order chi connectivity index (χ1) is 9.13. The minimum absolute atomic E-state index is 0.533. The van der Waals surface area contributed by atoms with E-state index in [4.69, 9.17) is 15.7 Å². The molecule has 3 N–H and O–H groups in total. The molecule has 4 nitrogen and oxygen atoms in total. The molecule has 0 unspecified atom stereocenters. The van der Waals surface area contributed by atoms with E-state index in [0.29, 0.717) is 11.3 Å². The van der Waals surface area contributed by atoms with E-state index in [1.54, 1.807) is 25.3 Å². The van der Waals surface area contributed by atoms with Gasteiger partial charge in [-0.15, -0.1) is 0 Å². The highest BCUT2D eigenvalue weighted by atomic mass is 79.9. The normalized spacial score (nSPS) is 9.74. The van der Waals surface area contributed by atoms with Crippen molar-refractivity contribution in [2.45, 2.75) is 0 Å². The summed E-state index contributed by atoms with van der Waals surface area (Å²) in [5, 5.41) is 12.0. The molecule has 2 aromatic rings. The molecule has 96 valence electrons. The van der Waals surface area contributed by atoms with E-state index >= 15 is 0 Å². The number of benzene rings is 2. The van der Waals surface area contributed by atoms with Crippen LogP contribution in [-0.4, -0.2) is 7.11 Å². The smallest absolute Gasteiger partial charge is 0.133 e. The molecule has 19 heavy (non-hydrogen) atoms. The zero-order valence-corrected chi connectivity index (χ0v) is 11.9. The molecule has 0 aliphatic rings. The van der Waals surface area contributed by atoms with Gasteiger partial charge in [-0.3, -0.25) is 0 Å². The summed E-state index contributed by atoms with van der Waals surface area (Å²) in [6.07, 6.45) is 0. The Labute approximate surface area is 119 Å². The van der Waals surface area contributed by atoms with Crippen LogP contribution in [0.25, 0.3) is 0 Å². The summed E-state index contributed by atoms with van der Waals surface area (Å²) in [6, 6.07) is 12.8. The summed E-state index contributed by atoms with van der Waals surface area (Å²) < 4.78 is 6.02. The first kappa shape index (κ1) is 13.2. The average Bonchev–Trinajstić information content (AvgIpc) is 2.41. The van der Waals surface area contributed by atoms with Crippen molar-refractivity contribution in [3.05, 3.63) is 46.4 Å². The fourth-order valence-electron chi connectivity index (χ4n) is 1.65. The highest BCUT2D eigenvalue weighted by Crippen LogP contribution is 2.30. The van der Waals surface area contributed by atoms with Gasteiger partial charge in [-0.1, -0.05) is 0 Å². The Kier molecular flexibility index (Phi) is 3.93. The van der Waals surface area contributed by atoms with Gasteiger partial charge in [0.15, 0.2) is 0 Å². The van der Waals surface area contributed by atoms with E-state index < -0.39 is 0 Å². The SMILES string of the molecule is COc1ccc(Nc2ccc(C#N)cc2N)cc1Br. The Morgan fingerprint density at radius 1 is 1.26 bits per heavy atom. The molecule has 0 bridgehead atoms. The second-order valence-corrected chi connectivity index (χ2v) is 4.74. The van der Waals surface area contributed by atoms with Crippen LogP contribution >= 0.6 is 15.9 Å². The first-order valence-corrected chi connectivity index (χ1v) is 6.33. The van der Waals surface area contributed by atoms with Gasteiger partial charge in [0.1, 0.15) is 5.75 Å². The van der Waals surface area contributed by atoms with Crippen molar-refractivity contribution in [1.82, 2.24) is 0 Å². The Bertz CT molecular complexity index is 650. The number of rotatable bonds is 3. The Morgan fingerprint density at radius 3 is 2.63 bits per heavy atom. The standard InChI is InChI=1S/C14H12BrN3O/c1-19-14-5-3-10(7-11(14)15)18-13-4-2-9(8-16)6-12(13)17/h2-7,18H,17H2,1H3. The molecule has 5 heteroatoms. The number of nitriles is 1. The third-order valence-electron chi connectivity index (χ3n) is 2.61. The average molecular weight is 318 g/mol. The largest absolute Gasteiger partial charge is 0.496 e. The molecule has 0 aromatic heterocycles. The van der Waals surface area contributed by atoms with Crippen LogP contribution in [0.15, 0.2) is 40.9 Å². The third-order valence-corrected chi connectivity index (χ3v) is 3.23. The number of ether oxygens (including phenoxy) is 1. The lowest BCUT2D eigenvalue weighted by atomic mass is 10.2. The summed E-state index contributed by atoms with van der Waals surface area (Å²) in [5.41, 5.74) is 8.60. The molecule has 0 amide bonds. The second-order valence-electron chi connectivity index (χ2n) is 3.89. The minimum atomic E-state index is 0.533. The van der Waals surface area contributed by atoms with E-state index in [9.17, 15) is 0 Å². The van der Waals surface area contributed by atoms with E-state index in [0.717, 1.165) is 21.6 Å². The van der Waals surface area contributed by atoms with Crippen LogP contribution in [-0.2, 0) is 0 Å². The van der Waals surface area contributed by atoms with Crippen molar-refractivity contribution in [1.29, 1.82) is 5.26 Å². The number of nitrogens with zero attached hydrogens (tertiary/aromatic N) is 1. The lowest BCUT2D eigenvalue weighted by molar-refractivity contribution is 0.412. The molecular formula is C14H12BrN3O. The van der Waals surface area contributed by atoms with Crippen LogP contribution in [0.1, 0.15) is 5.56 Å². The minimum Gasteiger partial charge on any atom is -0.496 e. The lowest BCUT2D eigenvalue weighted by Crippen LogP contribution is -1.97. The van der Waals surface area contributed by atoms with E-state index in [1.165, 1.54) is 0 Å². The molecule has 0 heterocycles. The molecular weight excluding hydrogens is 306 g/mol. The maximum atomic E-state index is 8.79. The number of nitrogen functional groups attached to an aromatic ring is 1. The molecule has 0 saturated heterocycles. The number of anilines is 3. The fourth-order valence-corrected chi connectivity index (χ4v) is 2.19. The van der Waals surface area contributed by atoms with Crippen molar-refractivity contribution in [3.63, 3.8) is 0 Å². The molecule has 0 atom stereocenters. The predicted octanol–water partition coefficient (Wildman–Crippen LogP) is 3.66. The van der Waals surface area contributed by atoms with Crippen molar-refractivity contribution in [2.24, 2.45) is 0 Å². The summed E-state index contributed by atoms with van der Waals surface area (Å²) in [5.74, 6) is 0.762. The van der Waals surface area contributed by atoms with Crippen molar-refractivity contribution in [3.8, 4) is 11.8 Å². The third kappa shape index (κ3) is 2.98. The van der Waals surface area contributed by atoms with Crippen molar-refractivity contribution in [2.75, 3.05) is 18.2 Å². The number of nitrogens with two attached hydrogens (primary N) is 1. The Morgan fingerprint density at radius 2 is 2.05 bits per heavy atom. The van der Waals surface area contributed by atoms with Gasteiger partial charge in [-0.25, -0.2) is 0 Å². The first-order valence-electron chi connectivity index (χ1n) is 5.54. The highest BCUT2D eigenvalue weighted by Gasteiger charge is 2.04. The van der Waals surface area contributed by atoms with Crippen molar-refractivity contribution >= 4 is 33.0 Å². The van der Waals surface area contributed by atoms with Gasteiger partial charge >= 0.3 is 0 Å². The topological polar surface area (TPSA) is 71.1 Å². The van der Waals surface area contributed by atoms with Gasteiger partial charge in [0, 0.05) is 5.69 Å². The maximum absolute atomic E-state index is 8.79. The molecule has 0 aliphatic heterocycles. The number of hydrogen-bond donors (Lipinski definition) is 2.